The fourth-order valence-corrected chi connectivity index (χ4v) is 3.17. The van der Waals surface area contributed by atoms with Crippen LogP contribution in [0.3, 0.4) is 0 Å². The zero-order valence-corrected chi connectivity index (χ0v) is 15.0. The maximum atomic E-state index is 12.6. The highest BCUT2D eigenvalue weighted by atomic mass is 32.1. The fraction of sp³-hybridized carbons (Fsp3) is 0.294. The highest BCUT2D eigenvalue weighted by Crippen LogP contribution is 2.30. The molecule has 0 aliphatic carbocycles. The Morgan fingerprint density at radius 2 is 2.00 bits per heavy atom. The number of thiazole rings is 1. The normalized spacial score (nSPS) is 11.6. The lowest BCUT2D eigenvalue weighted by Crippen LogP contribution is -2.12. The van der Waals surface area contributed by atoms with Crippen LogP contribution in [0.25, 0.3) is 0 Å². The van der Waals surface area contributed by atoms with Crippen LogP contribution in [-0.2, 0) is 23.8 Å². The summed E-state index contributed by atoms with van der Waals surface area (Å²) in [6.45, 7) is 1.70. The number of aryl methyl sites for hydroxylation is 2. The maximum Gasteiger partial charge on any atom is 0.416 e. The number of amides is 1. The van der Waals surface area contributed by atoms with Gasteiger partial charge in [0.15, 0.2) is 11.0 Å². The molecule has 1 aromatic carbocycles. The molecule has 142 valence electrons. The topological polar surface area (TPSA) is 80.9 Å². The summed E-state index contributed by atoms with van der Waals surface area (Å²) in [5.41, 5.74) is 0.0521. The Labute approximate surface area is 156 Å². The van der Waals surface area contributed by atoms with Crippen molar-refractivity contribution < 1.29 is 22.5 Å². The number of benzene rings is 1. The minimum Gasteiger partial charge on any atom is -0.339 e. The molecule has 27 heavy (non-hydrogen) atoms. The molecule has 0 aliphatic heterocycles. The molecule has 2 heterocycles. The van der Waals surface area contributed by atoms with E-state index in [1.54, 1.807) is 13.1 Å². The van der Waals surface area contributed by atoms with E-state index >= 15 is 0 Å². The zero-order chi connectivity index (χ0) is 19.4. The number of carbonyl (C=O) groups excluding carboxylic acids is 1. The van der Waals surface area contributed by atoms with E-state index in [0.29, 0.717) is 29.7 Å². The molecular weight excluding hydrogens is 381 g/mol. The molecule has 2 aromatic heterocycles. The van der Waals surface area contributed by atoms with E-state index in [0.717, 1.165) is 22.6 Å². The van der Waals surface area contributed by atoms with E-state index < -0.39 is 11.7 Å². The lowest BCUT2D eigenvalue weighted by atomic mass is 10.1. The first kappa shape index (κ1) is 19.0. The van der Waals surface area contributed by atoms with Gasteiger partial charge in [-0.05, 0) is 24.6 Å². The lowest BCUT2D eigenvalue weighted by Gasteiger charge is -2.06. The summed E-state index contributed by atoms with van der Waals surface area (Å²) < 4.78 is 42.7. The molecule has 0 radical (unpaired) electrons. The number of halogens is 3. The largest absolute Gasteiger partial charge is 0.416 e. The highest BCUT2D eigenvalue weighted by Gasteiger charge is 2.29. The lowest BCUT2D eigenvalue weighted by molar-refractivity contribution is -0.137. The van der Waals surface area contributed by atoms with Crippen LogP contribution in [0.15, 0.2) is 35.0 Å². The van der Waals surface area contributed by atoms with Crippen molar-refractivity contribution in [3.8, 4) is 0 Å². The van der Waals surface area contributed by atoms with E-state index in [1.165, 1.54) is 23.5 Å². The number of rotatable bonds is 6. The molecule has 0 bridgehead atoms. The van der Waals surface area contributed by atoms with Crippen LogP contribution in [0, 0.1) is 6.92 Å². The van der Waals surface area contributed by atoms with Gasteiger partial charge in [-0.3, -0.25) is 4.79 Å². The Hall–Kier alpha value is -2.75. The summed E-state index contributed by atoms with van der Waals surface area (Å²) in [6.07, 6.45) is -1.81. The third kappa shape index (κ3) is 5.36. The van der Waals surface area contributed by atoms with Crippen molar-refractivity contribution in [1.82, 2.24) is 15.1 Å². The molecule has 1 N–H and O–H groups in total. The van der Waals surface area contributed by atoms with E-state index in [1.807, 2.05) is 0 Å². The smallest absolute Gasteiger partial charge is 0.339 e. The number of hydrogen-bond acceptors (Lipinski definition) is 6. The summed E-state index contributed by atoms with van der Waals surface area (Å²) in [6, 6.07) is 4.98. The summed E-state index contributed by atoms with van der Waals surface area (Å²) in [5.74, 6) is 0.671. The summed E-state index contributed by atoms with van der Waals surface area (Å²) >= 11 is 1.27. The van der Waals surface area contributed by atoms with Crippen LogP contribution in [0.5, 0.6) is 0 Å². The SMILES string of the molecule is Cc1noc(CCC(=O)Nc2ncc(Cc3ccc(C(F)(F)F)cc3)s2)n1. The Balaban J connectivity index is 1.52. The van der Waals surface area contributed by atoms with Gasteiger partial charge in [-0.1, -0.05) is 17.3 Å². The minimum absolute atomic E-state index is 0.176. The second-order valence-corrected chi connectivity index (χ2v) is 6.90. The highest BCUT2D eigenvalue weighted by molar-refractivity contribution is 7.15. The number of carbonyl (C=O) groups is 1. The molecule has 0 unspecified atom stereocenters. The second kappa shape index (κ2) is 7.87. The van der Waals surface area contributed by atoms with Gasteiger partial charge in [-0.15, -0.1) is 11.3 Å². The minimum atomic E-state index is -4.35. The predicted molar refractivity (Wildman–Crippen MR) is 92.3 cm³/mol. The van der Waals surface area contributed by atoms with Crippen molar-refractivity contribution in [3.63, 3.8) is 0 Å². The second-order valence-electron chi connectivity index (χ2n) is 5.79. The van der Waals surface area contributed by atoms with Gasteiger partial charge in [0.05, 0.1) is 5.56 Å². The van der Waals surface area contributed by atoms with E-state index in [9.17, 15) is 18.0 Å². The Morgan fingerprint density at radius 1 is 1.26 bits per heavy atom. The van der Waals surface area contributed by atoms with Gasteiger partial charge in [0, 0.05) is 30.3 Å². The number of aromatic nitrogens is 3. The van der Waals surface area contributed by atoms with E-state index in [-0.39, 0.29) is 12.3 Å². The third-order valence-corrected chi connectivity index (χ3v) is 4.51. The van der Waals surface area contributed by atoms with E-state index in [2.05, 4.69) is 20.4 Å². The van der Waals surface area contributed by atoms with Crippen LogP contribution in [0.4, 0.5) is 18.3 Å². The van der Waals surface area contributed by atoms with Crippen molar-refractivity contribution >= 4 is 22.4 Å². The Morgan fingerprint density at radius 3 is 2.63 bits per heavy atom. The average molecular weight is 396 g/mol. The average Bonchev–Trinajstić information content (AvgIpc) is 3.21. The van der Waals surface area contributed by atoms with Crippen molar-refractivity contribution in [2.24, 2.45) is 0 Å². The van der Waals surface area contributed by atoms with Crippen molar-refractivity contribution in [2.75, 3.05) is 5.32 Å². The Bertz CT molecular complexity index is 919. The van der Waals surface area contributed by atoms with Gasteiger partial charge >= 0.3 is 6.18 Å². The molecule has 3 rings (SSSR count). The molecule has 0 saturated heterocycles. The van der Waals surface area contributed by atoms with Gasteiger partial charge in [-0.25, -0.2) is 4.98 Å². The number of anilines is 1. The zero-order valence-electron chi connectivity index (χ0n) is 14.2. The number of hydrogen-bond donors (Lipinski definition) is 1. The van der Waals surface area contributed by atoms with Crippen LogP contribution < -0.4 is 5.32 Å². The third-order valence-electron chi connectivity index (χ3n) is 3.60. The molecule has 10 heteroatoms. The van der Waals surface area contributed by atoms with Gasteiger partial charge in [0.1, 0.15) is 0 Å². The monoisotopic (exact) mass is 396 g/mol. The summed E-state index contributed by atoms with van der Waals surface area (Å²) in [4.78, 5) is 20.9. The summed E-state index contributed by atoms with van der Waals surface area (Å²) in [5, 5.41) is 6.77. The first-order valence-electron chi connectivity index (χ1n) is 7.99. The number of alkyl halides is 3. The van der Waals surface area contributed by atoms with Crippen LogP contribution in [-0.4, -0.2) is 21.0 Å². The molecule has 0 aliphatic rings. The summed E-state index contributed by atoms with van der Waals surface area (Å²) in [7, 11) is 0. The molecule has 0 saturated carbocycles. The standard InChI is InChI=1S/C17H15F3N4O2S/c1-10-22-15(26-24-10)7-6-14(25)23-16-21-9-13(27-16)8-11-2-4-12(5-3-11)17(18,19)20/h2-5,9H,6-8H2,1H3,(H,21,23,25). The van der Waals surface area contributed by atoms with Crippen molar-refractivity contribution in [2.45, 2.75) is 32.4 Å². The molecule has 0 fully saturated rings. The predicted octanol–water partition coefficient (Wildman–Crippen LogP) is 4.02. The van der Waals surface area contributed by atoms with Gasteiger partial charge < -0.3 is 9.84 Å². The maximum absolute atomic E-state index is 12.6. The van der Waals surface area contributed by atoms with Gasteiger partial charge in [-0.2, -0.15) is 18.2 Å². The van der Waals surface area contributed by atoms with Gasteiger partial charge in [0.2, 0.25) is 11.8 Å². The quantitative estimate of drug-likeness (QED) is 0.681. The van der Waals surface area contributed by atoms with Crippen molar-refractivity contribution in [1.29, 1.82) is 0 Å². The first-order valence-corrected chi connectivity index (χ1v) is 8.81. The Kier molecular flexibility index (Phi) is 5.54. The molecule has 0 spiro atoms. The van der Waals surface area contributed by atoms with Crippen LogP contribution in [0.2, 0.25) is 0 Å². The molecule has 3 aromatic rings. The molecule has 1 amide bonds. The van der Waals surface area contributed by atoms with Crippen molar-refractivity contribution in [3.05, 3.63) is 58.2 Å². The van der Waals surface area contributed by atoms with Crippen LogP contribution in [0.1, 0.15) is 34.1 Å². The van der Waals surface area contributed by atoms with Gasteiger partial charge in [0.25, 0.3) is 0 Å². The fourth-order valence-electron chi connectivity index (χ4n) is 2.30. The number of nitrogens with one attached hydrogen (secondary N) is 1. The molecular formula is C17H15F3N4O2S. The van der Waals surface area contributed by atoms with E-state index in [4.69, 9.17) is 4.52 Å². The molecule has 6 nitrogen and oxygen atoms in total. The first-order chi connectivity index (χ1) is 12.8. The molecule has 0 atom stereocenters. The van der Waals surface area contributed by atoms with Crippen LogP contribution >= 0.6 is 11.3 Å². The number of nitrogens with zero attached hydrogens (tertiary/aromatic N) is 3.